The van der Waals surface area contributed by atoms with Crippen molar-refractivity contribution in [2.75, 3.05) is 25.6 Å². The molecule has 0 spiro atoms. The summed E-state index contributed by atoms with van der Waals surface area (Å²) in [6.45, 7) is 1.61. The number of hydrogen-bond acceptors (Lipinski definition) is 18. The van der Waals surface area contributed by atoms with Crippen molar-refractivity contribution >= 4 is 33.4 Å². The molecule has 21 nitrogen and oxygen atoms in total. The van der Waals surface area contributed by atoms with Gasteiger partial charge >= 0.3 is 33.3 Å². The normalized spacial score (nSPS) is 20.7. The van der Waals surface area contributed by atoms with Gasteiger partial charge in [-0.05, 0) is 70.3 Å². The fraction of sp³-hybridized carbons (Fsp3) is 0.556. The quantitative estimate of drug-likeness (QED) is 0.0101. The minimum absolute atomic E-state index is 0.00549. The predicted octanol–water partition coefficient (Wildman–Crippen LogP) is 7.91. The molecule has 2 heterocycles. The molecule has 0 bridgehead atoms. The third-order valence-electron chi connectivity index (χ3n) is 11.2. The van der Waals surface area contributed by atoms with Gasteiger partial charge in [0.2, 0.25) is 0 Å². The molecule has 432 valence electrons. The maximum absolute atomic E-state index is 12.9. The van der Waals surface area contributed by atoms with Crippen LogP contribution >= 0.6 is 15.6 Å². The van der Waals surface area contributed by atoms with Crippen molar-refractivity contribution in [2.24, 2.45) is 0 Å². The summed E-state index contributed by atoms with van der Waals surface area (Å²) in [5, 5.41) is 51.6. The number of aliphatic hydroxyl groups is 5. The number of aromatic nitrogens is 2. The van der Waals surface area contributed by atoms with Crippen LogP contribution in [0.3, 0.4) is 0 Å². The molecule has 1 aliphatic heterocycles. The Morgan fingerprint density at radius 2 is 1.29 bits per heavy atom. The molecule has 0 radical (unpaired) electrons. The summed E-state index contributed by atoms with van der Waals surface area (Å²) < 4.78 is 56.4. The van der Waals surface area contributed by atoms with Crippen molar-refractivity contribution in [3.8, 4) is 0 Å². The standard InChI is InChI=1S/C54H83N3O18P2/c1-3-5-7-8-9-10-11-12-13-14-15-16-17-18-19-20-21-26-30-36-50(62)73-44(40-70-49(61)37-31-35-46(60)45(59)34-29-25-23-22-24-28-33-43(58)32-27-6-4-2)41-71-76(66,67)75-77(68,69)72-42-47-51(63)52(64)53(74-47)57-39-38-48(55)56-54(57)65/h9-10,12-13,15-16,18-19,21-26,28-29,33-34,38-39,43-47,51-53,58-60,63-64H,3-8,11,14,17,20,27,30-32,35-37,40-42H2,1-2H3,(H,66,67)(H,68,69)(H2,55,56,65)/b10-9-,13-12-,16-15-,19-18-,24-22-,25-23+,26-21-,33-28+,34-29+/t43-,44-,45-,46-,47-,51-,52-,53-/m1/s1. The Morgan fingerprint density at radius 3 is 1.91 bits per heavy atom. The predicted molar refractivity (Wildman–Crippen MR) is 292 cm³/mol. The lowest BCUT2D eigenvalue weighted by Gasteiger charge is -2.21. The number of nitrogens with zero attached hydrogens (tertiary/aromatic N) is 2. The number of phosphoric ester groups is 2. The molecule has 2 unspecified atom stereocenters. The number of hydrogen-bond donors (Lipinski definition) is 8. The van der Waals surface area contributed by atoms with E-state index in [1.54, 1.807) is 42.5 Å². The van der Waals surface area contributed by atoms with Crippen LogP contribution in [0.2, 0.25) is 0 Å². The highest BCUT2D eigenvalue weighted by Crippen LogP contribution is 2.60. The van der Waals surface area contributed by atoms with Gasteiger partial charge in [-0.1, -0.05) is 155 Å². The number of nitrogen functional groups attached to an aromatic ring is 1. The zero-order chi connectivity index (χ0) is 56.7. The van der Waals surface area contributed by atoms with Crippen molar-refractivity contribution in [3.05, 3.63) is 132 Å². The van der Waals surface area contributed by atoms with Crippen LogP contribution in [-0.4, -0.2) is 119 Å². The maximum atomic E-state index is 12.9. The van der Waals surface area contributed by atoms with E-state index in [-0.39, 0.29) is 37.9 Å². The fourth-order valence-electron chi connectivity index (χ4n) is 6.97. The first-order valence-electron chi connectivity index (χ1n) is 26.2. The van der Waals surface area contributed by atoms with E-state index in [0.29, 0.717) is 12.8 Å². The number of allylic oxidation sites excluding steroid dienone is 16. The van der Waals surface area contributed by atoms with Gasteiger partial charge in [0.05, 0.1) is 31.5 Å². The van der Waals surface area contributed by atoms with Crippen LogP contribution in [0, 0.1) is 0 Å². The molecule has 1 aromatic rings. The number of carbonyl (C=O) groups excluding carboxylic acids is 2. The summed E-state index contributed by atoms with van der Waals surface area (Å²) in [5.74, 6) is -1.76. The van der Waals surface area contributed by atoms with Crippen molar-refractivity contribution in [1.29, 1.82) is 0 Å². The second-order valence-corrected chi connectivity index (χ2v) is 20.9. The minimum atomic E-state index is -5.53. The van der Waals surface area contributed by atoms with Crippen LogP contribution in [0.25, 0.3) is 0 Å². The number of ether oxygens (including phenoxy) is 3. The topological polar surface area (TPSA) is 326 Å². The Bertz CT molecular complexity index is 2280. The molecule has 77 heavy (non-hydrogen) atoms. The lowest BCUT2D eigenvalue weighted by Crippen LogP contribution is -2.36. The molecule has 0 aromatic carbocycles. The Balaban J connectivity index is 1.92. The first-order chi connectivity index (χ1) is 36.9. The van der Waals surface area contributed by atoms with Crippen molar-refractivity contribution in [1.82, 2.24) is 9.55 Å². The molecule has 1 aliphatic rings. The first-order valence-corrected chi connectivity index (χ1v) is 29.2. The molecular formula is C54H83N3O18P2. The van der Waals surface area contributed by atoms with Crippen LogP contribution in [-0.2, 0) is 46.3 Å². The Labute approximate surface area is 452 Å². The van der Waals surface area contributed by atoms with Crippen LogP contribution in [0.15, 0.2) is 126 Å². The molecule has 0 saturated carbocycles. The molecule has 9 N–H and O–H groups in total. The molecule has 10 atom stereocenters. The smallest absolute Gasteiger partial charge is 0.462 e. The van der Waals surface area contributed by atoms with Crippen LogP contribution < -0.4 is 11.4 Å². The van der Waals surface area contributed by atoms with E-state index in [4.69, 9.17) is 29.0 Å². The summed E-state index contributed by atoms with van der Waals surface area (Å²) in [5.41, 5.74) is 4.55. The van der Waals surface area contributed by atoms with Crippen molar-refractivity contribution in [3.63, 3.8) is 0 Å². The zero-order valence-corrected chi connectivity index (χ0v) is 46.1. The highest BCUT2D eigenvalue weighted by atomic mass is 31.3. The molecule has 0 aliphatic carbocycles. The highest BCUT2D eigenvalue weighted by molar-refractivity contribution is 7.61. The summed E-state index contributed by atoms with van der Waals surface area (Å²) in [4.78, 5) is 62.0. The van der Waals surface area contributed by atoms with Gasteiger partial charge < -0.3 is 55.3 Å². The van der Waals surface area contributed by atoms with Gasteiger partial charge in [-0.2, -0.15) is 9.29 Å². The summed E-state index contributed by atoms with van der Waals surface area (Å²) >= 11 is 0. The van der Waals surface area contributed by atoms with E-state index in [1.807, 2.05) is 18.2 Å². The highest BCUT2D eigenvalue weighted by Gasteiger charge is 2.46. The molecule has 1 saturated heterocycles. The number of rotatable bonds is 41. The maximum Gasteiger partial charge on any atom is 0.481 e. The van der Waals surface area contributed by atoms with Crippen LogP contribution in [0.5, 0.6) is 0 Å². The summed E-state index contributed by atoms with van der Waals surface area (Å²) in [7, 11) is -11.0. The second kappa shape index (κ2) is 40.5. The van der Waals surface area contributed by atoms with E-state index in [2.05, 4.69) is 59.6 Å². The van der Waals surface area contributed by atoms with Gasteiger partial charge in [0.25, 0.3) is 0 Å². The summed E-state index contributed by atoms with van der Waals surface area (Å²) in [6, 6.07) is 1.22. The number of esters is 2. The average Bonchev–Trinajstić information content (AvgIpc) is 3.66. The second-order valence-electron chi connectivity index (χ2n) is 17.9. The van der Waals surface area contributed by atoms with Gasteiger partial charge in [-0.3, -0.25) is 23.2 Å². The number of phosphoric acid groups is 2. The minimum Gasteiger partial charge on any atom is -0.462 e. The molecule has 23 heteroatoms. The van der Waals surface area contributed by atoms with Crippen molar-refractivity contribution < 1.29 is 81.6 Å². The average molecular weight is 1120 g/mol. The Hall–Kier alpha value is -4.70. The van der Waals surface area contributed by atoms with E-state index < -0.39 is 102 Å². The monoisotopic (exact) mass is 1120 g/mol. The Morgan fingerprint density at radius 1 is 0.714 bits per heavy atom. The summed E-state index contributed by atoms with van der Waals surface area (Å²) in [6.07, 6.45) is 35.4. The molecule has 0 amide bonds. The van der Waals surface area contributed by atoms with Crippen LogP contribution in [0.4, 0.5) is 5.82 Å². The molecule has 1 fully saturated rings. The Kier molecular flexibility index (Phi) is 36.0. The SMILES string of the molecule is CCCCC/C=C\C/C=C\C/C=C\C/C=C\C/C=C\CCC(=O)O[C@H](COC(=O)CCC[C@@H](O)[C@H](O)/C=C/C=C/C=C\C=C\[C@H](O)CCCCC)COP(=O)(O)OP(=O)(O)OC[C@H]1O[C@@H](n2ccc(N)nc2=O)[C@H](O)[C@@H]1O. The van der Waals surface area contributed by atoms with Gasteiger partial charge in [0.1, 0.15) is 30.7 Å². The van der Waals surface area contributed by atoms with E-state index in [9.17, 15) is 58.8 Å². The van der Waals surface area contributed by atoms with E-state index >= 15 is 0 Å². The number of anilines is 1. The lowest BCUT2D eigenvalue weighted by molar-refractivity contribution is -0.161. The van der Waals surface area contributed by atoms with Gasteiger partial charge in [-0.25, -0.2) is 13.9 Å². The number of aliphatic hydroxyl groups excluding tert-OH is 5. The van der Waals surface area contributed by atoms with Gasteiger partial charge in [0, 0.05) is 19.0 Å². The molecule has 2 rings (SSSR count). The number of unbranched alkanes of at least 4 members (excludes halogenated alkanes) is 5. The number of nitrogens with two attached hydrogens (primary N) is 1. The number of carbonyl (C=O) groups is 2. The fourth-order valence-corrected chi connectivity index (χ4v) is 9.08. The first kappa shape index (κ1) is 68.4. The third-order valence-corrected chi connectivity index (χ3v) is 13.8. The van der Waals surface area contributed by atoms with Crippen LogP contribution in [0.1, 0.15) is 129 Å². The lowest BCUT2D eigenvalue weighted by atomic mass is 10.1. The van der Waals surface area contributed by atoms with E-state index in [1.165, 1.54) is 37.5 Å². The van der Waals surface area contributed by atoms with Gasteiger partial charge in [-0.15, -0.1) is 0 Å². The van der Waals surface area contributed by atoms with Crippen molar-refractivity contribution in [2.45, 2.75) is 172 Å². The van der Waals surface area contributed by atoms with E-state index in [0.717, 1.165) is 55.7 Å². The third kappa shape index (κ3) is 32.7. The van der Waals surface area contributed by atoms with Gasteiger partial charge in [0.15, 0.2) is 12.3 Å². The largest absolute Gasteiger partial charge is 0.481 e. The molecular weight excluding hydrogens is 1040 g/mol. The zero-order valence-electron chi connectivity index (χ0n) is 44.3. The molecule has 1 aromatic heterocycles.